The van der Waals surface area contributed by atoms with Crippen LogP contribution in [0.4, 0.5) is 0 Å². The minimum atomic E-state index is -0.189. The minimum absolute atomic E-state index is 0. The van der Waals surface area contributed by atoms with Gasteiger partial charge in [-0.2, -0.15) is 0 Å². The summed E-state index contributed by atoms with van der Waals surface area (Å²) in [6.07, 6.45) is 5.25. The van der Waals surface area contributed by atoms with Gasteiger partial charge in [0.25, 0.3) is 0 Å². The van der Waals surface area contributed by atoms with Gasteiger partial charge in [0.05, 0.1) is 0 Å². The van der Waals surface area contributed by atoms with Crippen LogP contribution in [-0.4, -0.2) is 67.5 Å². The van der Waals surface area contributed by atoms with E-state index in [0.717, 1.165) is 51.5 Å². The van der Waals surface area contributed by atoms with Crippen molar-refractivity contribution in [1.29, 1.82) is 0 Å². The van der Waals surface area contributed by atoms with Gasteiger partial charge in [0, 0.05) is 39.1 Å². The fraction of sp³-hybridized carbons (Fsp3) is 0.889. The lowest BCUT2D eigenvalue weighted by Crippen LogP contribution is -2.47. The van der Waals surface area contributed by atoms with Gasteiger partial charge in [-0.1, -0.05) is 6.92 Å². The van der Waals surface area contributed by atoms with Crippen molar-refractivity contribution in [3.63, 3.8) is 0 Å². The molecule has 146 valence electrons. The number of rotatable bonds is 6. The molecule has 2 heterocycles. The number of carbonyl (C=O) groups excluding carboxylic acids is 1. The lowest BCUT2D eigenvalue weighted by molar-refractivity contribution is -0.119. The number of guanidine groups is 1. The Morgan fingerprint density at radius 2 is 1.88 bits per heavy atom. The van der Waals surface area contributed by atoms with Gasteiger partial charge in [-0.3, -0.25) is 9.79 Å². The molecular weight excluding hydrogens is 429 g/mol. The third kappa shape index (κ3) is 7.68. The van der Waals surface area contributed by atoms with E-state index in [1.165, 1.54) is 25.9 Å². The molecule has 0 aromatic heterocycles. The van der Waals surface area contributed by atoms with Crippen molar-refractivity contribution < 1.29 is 4.79 Å². The summed E-state index contributed by atoms with van der Waals surface area (Å²) < 4.78 is 0. The summed E-state index contributed by atoms with van der Waals surface area (Å²) >= 11 is 0. The van der Waals surface area contributed by atoms with Gasteiger partial charge < -0.3 is 20.9 Å². The van der Waals surface area contributed by atoms with Crippen LogP contribution in [0.15, 0.2) is 4.99 Å². The normalized spacial score (nSPS) is 25.4. The van der Waals surface area contributed by atoms with E-state index >= 15 is 0 Å². The number of likely N-dealkylation sites (tertiary alicyclic amines) is 2. The number of aliphatic imine (C=N–C) groups is 1. The van der Waals surface area contributed by atoms with Crippen LogP contribution in [0.2, 0.25) is 0 Å². The molecule has 3 N–H and O–H groups in total. The molecule has 0 aromatic rings. The van der Waals surface area contributed by atoms with Crippen LogP contribution in [0.1, 0.15) is 46.0 Å². The van der Waals surface area contributed by atoms with Gasteiger partial charge in [0.2, 0.25) is 5.91 Å². The third-order valence-corrected chi connectivity index (χ3v) is 5.19. The molecule has 0 saturated carbocycles. The zero-order valence-electron chi connectivity index (χ0n) is 15.9. The molecule has 2 saturated heterocycles. The SMILES string of the molecule is CCNC(=NCC1CCCN(CC)C1)N1CCCC(CC(N)=O)C1.I. The average molecular weight is 465 g/mol. The van der Waals surface area contributed by atoms with Crippen molar-refractivity contribution in [3.8, 4) is 0 Å². The largest absolute Gasteiger partial charge is 0.370 e. The molecule has 2 atom stereocenters. The second kappa shape index (κ2) is 11.9. The monoisotopic (exact) mass is 465 g/mol. The van der Waals surface area contributed by atoms with E-state index in [4.69, 9.17) is 10.7 Å². The Kier molecular flexibility index (Phi) is 10.7. The molecule has 0 bridgehead atoms. The first-order valence-corrected chi connectivity index (χ1v) is 9.66. The highest BCUT2D eigenvalue weighted by atomic mass is 127. The first-order valence-electron chi connectivity index (χ1n) is 9.66. The van der Waals surface area contributed by atoms with Crippen LogP contribution in [0.3, 0.4) is 0 Å². The van der Waals surface area contributed by atoms with E-state index in [1.807, 2.05) is 0 Å². The van der Waals surface area contributed by atoms with Crippen LogP contribution in [-0.2, 0) is 4.79 Å². The third-order valence-electron chi connectivity index (χ3n) is 5.19. The maximum Gasteiger partial charge on any atom is 0.217 e. The van der Waals surface area contributed by atoms with Gasteiger partial charge >= 0.3 is 0 Å². The van der Waals surface area contributed by atoms with Crippen LogP contribution >= 0.6 is 24.0 Å². The summed E-state index contributed by atoms with van der Waals surface area (Å²) in [5.41, 5.74) is 5.38. The Bertz CT molecular complexity index is 432. The number of piperidine rings is 2. The summed E-state index contributed by atoms with van der Waals surface area (Å²) in [6.45, 7) is 11.6. The molecule has 6 nitrogen and oxygen atoms in total. The van der Waals surface area contributed by atoms with E-state index < -0.39 is 0 Å². The Labute approximate surface area is 170 Å². The molecule has 7 heteroatoms. The van der Waals surface area contributed by atoms with Crippen LogP contribution in [0, 0.1) is 11.8 Å². The van der Waals surface area contributed by atoms with Crippen LogP contribution in [0.5, 0.6) is 0 Å². The van der Waals surface area contributed by atoms with E-state index in [1.54, 1.807) is 0 Å². The maximum atomic E-state index is 11.2. The van der Waals surface area contributed by atoms with Crippen molar-refractivity contribution in [1.82, 2.24) is 15.1 Å². The van der Waals surface area contributed by atoms with Crippen LogP contribution < -0.4 is 11.1 Å². The van der Waals surface area contributed by atoms with E-state index in [-0.39, 0.29) is 29.9 Å². The molecule has 2 aliphatic rings. The number of hydrogen-bond donors (Lipinski definition) is 2. The number of hydrogen-bond acceptors (Lipinski definition) is 3. The molecule has 2 unspecified atom stereocenters. The minimum Gasteiger partial charge on any atom is -0.370 e. The molecule has 2 fully saturated rings. The summed E-state index contributed by atoms with van der Waals surface area (Å²) in [7, 11) is 0. The molecule has 0 spiro atoms. The molecule has 1 amide bonds. The summed E-state index contributed by atoms with van der Waals surface area (Å²) in [5, 5.41) is 3.44. The fourth-order valence-corrected chi connectivity index (χ4v) is 3.94. The first-order chi connectivity index (χ1) is 11.6. The molecule has 25 heavy (non-hydrogen) atoms. The van der Waals surface area contributed by atoms with E-state index in [2.05, 4.69) is 29.0 Å². The van der Waals surface area contributed by atoms with E-state index in [9.17, 15) is 4.79 Å². The predicted molar refractivity (Wildman–Crippen MR) is 114 cm³/mol. The number of nitrogens with two attached hydrogens (primary N) is 1. The zero-order valence-corrected chi connectivity index (χ0v) is 18.2. The smallest absolute Gasteiger partial charge is 0.217 e. The molecule has 0 radical (unpaired) electrons. The molecular formula is C18H36IN5O. The Morgan fingerprint density at radius 1 is 1.16 bits per heavy atom. The summed E-state index contributed by atoms with van der Waals surface area (Å²) in [4.78, 5) is 21.0. The number of primary amides is 1. The van der Waals surface area contributed by atoms with Crippen molar-refractivity contribution >= 4 is 35.8 Å². The lowest BCUT2D eigenvalue weighted by Gasteiger charge is -2.35. The Morgan fingerprint density at radius 3 is 2.56 bits per heavy atom. The Hall–Kier alpha value is -0.570. The van der Waals surface area contributed by atoms with Crippen molar-refractivity contribution in [3.05, 3.63) is 0 Å². The molecule has 2 aliphatic heterocycles. The van der Waals surface area contributed by atoms with Gasteiger partial charge in [0.15, 0.2) is 5.96 Å². The number of carbonyl (C=O) groups is 1. The number of halogens is 1. The predicted octanol–water partition coefficient (Wildman–Crippen LogP) is 1.89. The summed E-state index contributed by atoms with van der Waals surface area (Å²) in [6, 6.07) is 0. The van der Waals surface area contributed by atoms with E-state index in [0.29, 0.717) is 18.3 Å². The highest BCUT2D eigenvalue weighted by Crippen LogP contribution is 2.20. The second-order valence-corrected chi connectivity index (χ2v) is 7.22. The maximum absolute atomic E-state index is 11.2. The van der Waals surface area contributed by atoms with Crippen molar-refractivity contribution in [2.24, 2.45) is 22.6 Å². The van der Waals surface area contributed by atoms with Gasteiger partial charge in [-0.05, 0) is 57.5 Å². The van der Waals surface area contributed by atoms with Crippen molar-refractivity contribution in [2.45, 2.75) is 46.0 Å². The van der Waals surface area contributed by atoms with Crippen LogP contribution in [0.25, 0.3) is 0 Å². The molecule has 0 aromatic carbocycles. The fourth-order valence-electron chi connectivity index (χ4n) is 3.94. The summed E-state index contributed by atoms with van der Waals surface area (Å²) in [5.74, 6) is 1.86. The molecule has 2 rings (SSSR count). The average Bonchev–Trinajstić information content (AvgIpc) is 2.58. The lowest BCUT2D eigenvalue weighted by atomic mass is 9.95. The van der Waals surface area contributed by atoms with Gasteiger partial charge in [-0.25, -0.2) is 0 Å². The van der Waals surface area contributed by atoms with Gasteiger partial charge in [-0.15, -0.1) is 24.0 Å². The highest BCUT2D eigenvalue weighted by molar-refractivity contribution is 14.0. The number of nitrogens with zero attached hydrogens (tertiary/aromatic N) is 3. The zero-order chi connectivity index (χ0) is 17.4. The quantitative estimate of drug-likeness (QED) is 0.357. The van der Waals surface area contributed by atoms with Crippen molar-refractivity contribution in [2.75, 3.05) is 45.8 Å². The number of amides is 1. The Balaban J connectivity index is 0.00000312. The number of nitrogens with one attached hydrogen (secondary N) is 1. The van der Waals surface area contributed by atoms with Gasteiger partial charge in [0.1, 0.15) is 0 Å². The first kappa shape index (κ1) is 22.5. The topological polar surface area (TPSA) is 74.0 Å². The molecule has 0 aliphatic carbocycles. The second-order valence-electron chi connectivity index (χ2n) is 7.22. The highest BCUT2D eigenvalue weighted by Gasteiger charge is 2.24. The standard InChI is InChI=1S/C18H35N5O.HI/c1-3-20-18(21-12-16-8-5-9-22(4-2)13-16)23-10-6-7-15(14-23)11-17(19)24;/h15-16H,3-14H2,1-2H3,(H2,19,24)(H,20,21);1H.